The average molecular weight is 404 g/mol. The summed E-state index contributed by atoms with van der Waals surface area (Å²) in [6, 6.07) is 14.1. The lowest BCUT2D eigenvalue weighted by Crippen LogP contribution is -2.52. The van der Waals surface area contributed by atoms with E-state index in [9.17, 15) is 0 Å². The lowest BCUT2D eigenvalue weighted by atomic mass is 9.83. The minimum atomic E-state index is 0.0339. The molecular formula is C26H33N3O. The van der Waals surface area contributed by atoms with Crippen molar-refractivity contribution in [2.45, 2.75) is 64.0 Å². The molecule has 0 N–H and O–H groups in total. The molecule has 0 bridgehead atoms. The van der Waals surface area contributed by atoms with Crippen LogP contribution < -0.4 is 4.74 Å². The van der Waals surface area contributed by atoms with Crippen molar-refractivity contribution in [3.63, 3.8) is 0 Å². The number of nitrogens with zero attached hydrogens (tertiary/aromatic N) is 3. The van der Waals surface area contributed by atoms with E-state index in [1.165, 1.54) is 54.4 Å². The van der Waals surface area contributed by atoms with Crippen molar-refractivity contribution in [1.82, 2.24) is 14.7 Å². The molecule has 0 amide bonds. The molecular weight excluding hydrogens is 370 g/mol. The predicted molar refractivity (Wildman–Crippen MR) is 123 cm³/mol. The van der Waals surface area contributed by atoms with Gasteiger partial charge in [-0.25, -0.2) is 0 Å². The molecule has 4 heteroatoms. The van der Waals surface area contributed by atoms with Gasteiger partial charge in [0.05, 0.1) is 5.52 Å². The first-order valence-corrected chi connectivity index (χ1v) is 11.7. The van der Waals surface area contributed by atoms with Crippen molar-refractivity contribution in [1.29, 1.82) is 0 Å². The van der Waals surface area contributed by atoms with Crippen LogP contribution in [0.25, 0.3) is 22.0 Å². The second-order valence-electron chi connectivity index (χ2n) is 8.98. The van der Waals surface area contributed by atoms with Crippen LogP contribution in [0.3, 0.4) is 0 Å². The minimum absolute atomic E-state index is 0.0339. The molecule has 158 valence electrons. The van der Waals surface area contributed by atoms with Gasteiger partial charge < -0.3 is 9.64 Å². The fourth-order valence-electron chi connectivity index (χ4n) is 5.26. The van der Waals surface area contributed by atoms with Gasteiger partial charge in [0, 0.05) is 57.0 Å². The molecule has 0 radical (unpaired) electrons. The van der Waals surface area contributed by atoms with E-state index in [1.807, 2.05) is 25.6 Å². The van der Waals surface area contributed by atoms with E-state index < -0.39 is 0 Å². The SMILES string of the molecule is CC.Cn1cc2ccc(-c3ccc4c(c3)CC3(CCN(C5CCC5)CC3)O4)cc2n1. The number of aryl methyl sites for hydroxylation is 1. The standard InChI is InChI=1S/C24H27N3O.C2H6/c1-26-16-19-6-5-18(14-22(19)25-26)17-7-8-23-20(13-17)15-24(28-23)9-11-27(12-10-24)21-3-2-4-21;1-2/h5-8,13-14,16,21H,2-4,9-12,15H2,1H3;1-2H3. The summed E-state index contributed by atoms with van der Waals surface area (Å²) in [5, 5.41) is 5.75. The van der Waals surface area contributed by atoms with Crippen LogP contribution in [-0.4, -0.2) is 39.4 Å². The lowest BCUT2D eigenvalue weighted by Gasteiger charge is -2.45. The second-order valence-corrected chi connectivity index (χ2v) is 8.98. The van der Waals surface area contributed by atoms with Gasteiger partial charge in [0.1, 0.15) is 11.4 Å². The summed E-state index contributed by atoms with van der Waals surface area (Å²) in [6.07, 6.45) is 9.66. The molecule has 1 spiro atoms. The van der Waals surface area contributed by atoms with E-state index in [0.29, 0.717) is 0 Å². The monoisotopic (exact) mass is 403 g/mol. The maximum atomic E-state index is 6.54. The number of hydrogen-bond acceptors (Lipinski definition) is 3. The minimum Gasteiger partial charge on any atom is -0.487 e. The summed E-state index contributed by atoms with van der Waals surface area (Å²) in [5.41, 5.74) is 4.95. The highest BCUT2D eigenvalue weighted by molar-refractivity contribution is 5.84. The Morgan fingerprint density at radius 1 is 1.00 bits per heavy atom. The molecule has 3 aromatic rings. The van der Waals surface area contributed by atoms with Gasteiger partial charge in [-0.15, -0.1) is 0 Å². The Morgan fingerprint density at radius 3 is 2.47 bits per heavy atom. The summed E-state index contributed by atoms with van der Waals surface area (Å²) in [5.74, 6) is 1.10. The number of likely N-dealkylation sites (tertiary alicyclic amines) is 1. The fourth-order valence-corrected chi connectivity index (χ4v) is 5.26. The molecule has 2 fully saturated rings. The quantitative estimate of drug-likeness (QED) is 0.559. The van der Waals surface area contributed by atoms with Crippen LogP contribution in [0.1, 0.15) is 51.5 Å². The van der Waals surface area contributed by atoms with Crippen LogP contribution in [0.4, 0.5) is 0 Å². The molecule has 2 aliphatic heterocycles. The number of hydrogen-bond donors (Lipinski definition) is 0. The second kappa shape index (κ2) is 7.73. The van der Waals surface area contributed by atoms with Gasteiger partial charge in [0.2, 0.25) is 0 Å². The maximum Gasteiger partial charge on any atom is 0.123 e. The van der Waals surface area contributed by atoms with E-state index in [0.717, 1.165) is 36.6 Å². The Bertz CT molecular complexity index is 1040. The van der Waals surface area contributed by atoms with E-state index >= 15 is 0 Å². The average Bonchev–Trinajstić information content (AvgIpc) is 3.27. The Morgan fingerprint density at radius 2 is 1.73 bits per heavy atom. The third-order valence-electron chi connectivity index (χ3n) is 7.16. The van der Waals surface area contributed by atoms with Crippen LogP contribution in [0.15, 0.2) is 42.6 Å². The largest absolute Gasteiger partial charge is 0.487 e. The van der Waals surface area contributed by atoms with Gasteiger partial charge >= 0.3 is 0 Å². The maximum absolute atomic E-state index is 6.54. The molecule has 3 aliphatic rings. The van der Waals surface area contributed by atoms with Crippen molar-refractivity contribution < 1.29 is 4.74 Å². The third-order valence-corrected chi connectivity index (χ3v) is 7.16. The molecule has 1 aliphatic carbocycles. The van der Waals surface area contributed by atoms with Crippen LogP contribution in [-0.2, 0) is 13.5 Å². The molecule has 1 saturated heterocycles. The Labute approximate surface area is 179 Å². The Balaban J connectivity index is 0.000000937. The normalized spacial score (nSPS) is 20.4. The number of ether oxygens (including phenoxy) is 1. The highest BCUT2D eigenvalue weighted by Crippen LogP contribution is 2.43. The first-order valence-electron chi connectivity index (χ1n) is 11.7. The molecule has 0 atom stereocenters. The number of aromatic nitrogens is 2. The first kappa shape index (κ1) is 19.6. The van der Waals surface area contributed by atoms with Crippen LogP contribution in [0, 0.1) is 0 Å². The van der Waals surface area contributed by atoms with Gasteiger partial charge in [-0.1, -0.05) is 38.5 Å². The van der Waals surface area contributed by atoms with Crippen LogP contribution in [0.5, 0.6) is 5.75 Å². The summed E-state index contributed by atoms with van der Waals surface area (Å²) >= 11 is 0. The zero-order valence-electron chi connectivity index (χ0n) is 18.5. The van der Waals surface area contributed by atoms with Crippen LogP contribution in [0.2, 0.25) is 0 Å². The molecule has 30 heavy (non-hydrogen) atoms. The molecule has 3 heterocycles. The highest BCUT2D eigenvalue weighted by atomic mass is 16.5. The van der Waals surface area contributed by atoms with Crippen molar-refractivity contribution in [2.75, 3.05) is 13.1 Å². The smallest absolute Gasteiger partial charge is 0.123 e. The lowest BCUT2D eigenvalue weighted by molar-refractivity contribution is -0.00746. The molecule has 1 aromatic heterocycles. The molecule has 4 nitrogen and oxygen atoms in total. The van der Waals surface area contributed by atoms with Crippen LogP contribution >= 0.6 is 0 Å². The summed E-state index contributed by atoms with van der Waals surface area (Å²) in [4.78, 5) is 2.70. The van der Waals surface area contributed by atoms with Crippen molar-refractivity contribution >= 4 is 10.9 Å². The number of benzene rings is 2. The Kier molecular flexibility index (Phi) is 5.06. The van der Waals surface area contributed by atoms with Gasteiger partial charge in [0.25, 0.3) is 0 Å². The zero-order chi connectivity index (χ0) is 20.7. The molecule has 1 saturated carbocycles. The van der Waals surface area contributed by atoms with Gasteiger partial charge in [-0.2, -0.15) is 5.10 Å². The summed E-state index contributed by atoms with van der Waals surface area (Å²) in [6.45, 7) is 6.39. The van der Waals surface area contributed by atoms with Crippen molar-refractivity contribution in [3.8, 4) is 16.9 Å². The van der Waals surface area contributed by atoms with Crippen molar-refractivity contribution in [2.24, 2.45) is 7.05 Å². The number of piperidine rings is 1. The fraction of sp³-hybridized carbons (Fsp3) is 0.500. The molecule has 2 aromatic carbocycles. The number of rotatable bonds is 2. The predicted octanol–water partition coefficient (Wildman–Crippen LogP) is 5.59. The van der Waals surface area contributed by atoms with Crippen molar-refractivity contribution in [3.05, 3.63) is 48.2 Å². The molecule has 6 rings (SSSR count). The van der Waals surface area contributed by atoms with E-state index in [1.54, 1.807) is 0 Å². The van der Waals surface area contributed by atoms with E-state index in [-0.39, 0.29) is 5.60 Å². The summed E-state index contributed by atoms with van der Waals surface area (Å²) in [7, 11) is 1.97. The van der Waals surface area contributed by atoms with Gasteiger partial charge in [-0.3, -0.25) is 4.68 Å². The Hall–Kier alpha value is -2.33. The number of fused-ring (bicyclic) bond motifs is 2. The molecule has 0 unspecified atom stereocenters. The summed E-state index contributed by atoms with van der Waals surface area (Å²) < 4.78 is 8.42. The third kappa shape index (κ3) is 3.41. The van der Waals surface area contributed by atoms with E-state index in [4.69, 9.17) is 4.74 Å². The topological polar surface area (TPSA) is 30.3 Å². The zero-order valence-corrected chi connectivity index (χ0v) is 18.5. The highest BCUT2D eigenvalue weighted by Gasteiger charge is 2.43. The van der Waals surface area contributed by atoms with Gasteiger partial charge in [-0.05, 0) is 47.7 Å². The van der Waals surface area contributed by atoms with E-state index in [2.05, 4.69) is 52.6 Å². The first-order chi connectivity index (χ1) is 14.7. The van der Waals surface area contributed by atoms with Gasteiger partial charge in [0.15, 0.2) is 0 Å².